The van der Waals surface area contributed by atoms with Crippen LogP contribution in [0.5, 0.6) is 0 Å². The Balaban J connectivity index is 1.55. The Morgan fingerprint density at radius 3 is 2.68 bits per heavy atom. The summed E-state index contributed by atoms with van der Waals surface area (Å²) in [5, 5.41) is 6.23. The summed E-state index contributed by atoms with van der Waals surface area (Å²) in [6, 6.07) is 8.02. The predicted molar refractivity (Wildman–Crippen MR) is 96.5 cm³/mol. The molecule has 0 amide bonds. The van der Waals surface area contributed by atoms with Crippen LogP contribution in [0.3, 0.4) is 0 Å². The fraction of sp³-hybridized carbons (Fsp3) is 0.250. The molecule has 1 aromatic carbocycles. The number of sulfonamides is 1. The first kappa shape index (κ1) is 16.6. The molecule has 1 aliphatic carbocycles. The molecular formula is C16H14ClN3O3S2. The van der Waals surface area contributed by atoms with Crippen molar-refractivity contribution in [2.24, 2.45) is 0 Å². The average Bonchev–Trinajstić information content (AvgIpc) is 3.17. The van der Waals surface area contributed by atoms with Crippen molar-refractivity contribution in [2.75, 3.05) is 4.72 Å². The van der Waals surface area contributed by atoms with Crippen molar-refractivity contribution in [3.05, 3.63) is 46.6 Å². The number of halogens is 1. The number of benzene rings is 1. The highest BCUT2D eigenvalue weighted by atomic mass is 35.5. The van der Waals surface area contributed by atoms with Crippen LogP contribution in [0.15, 0.2) is 44.4 Å². The third-order valence-corrected chi connectivity index (χ3v) is 7.16. The summed E-state index contributed by atoms with van der Waals surface area (Å²) in [5.74, 6) is 1.40. The third-order valence-electron chi connectivity index (χ3n) is 4.09. The van der Waals surface area contributed by atoms with Crippen molar-refractivity contribution < 1.29 is 12.9 Å². The molecule has 6 nitrogen and oxygen atoms in total. The molecule has 9 heteroatoms. The number of nitrogens with zero attached hydrogens (tertiary/aromatic N) is 2. The monoisotopic (exact) mass is 395 g/mol. The number of hydrogen-bond acceptors (Lipinski definition) is 6. The number of thiophene rings is 1. The van der Waals surface area contributed by atoms with Gasteiger partial charge in [-0.1, -0.05) is 23.2 Å². The van der Waals surface area contributed by atoms with E-state index in [1.165, 1.54) is 6.42 Å². The second-order valence-corrected chi connectivity index (χ2v) is 9.11. The van der Waals surface area contributed by atoms with Crippen LogP contribution < -0.4 is 4.72 Å². The molecule has 1 aliphatic rings. The number of rotatable bonds is 5. The van der Waals surface area contributed by atoms with E-state index in [0.29, 0.717) is 33.9 Å². The van der Waals surface area contributed by atoms with Gasteiger partial charge in [0, 0.05) is 27.6 Å². The first-order chi connectivity index (χ1) is 12.0. The number of nitrogens with one attached hydrogen (secondary N) is 1. The molecule has 2 heterocycles. The van der Waals surface area contributed by atoms with Crippen LogP contribution in [-0.2, 0) is 10.0 Å². The third kappa shape index (κ3) is 3.42. The maximum Gasteiger partial charge on any atom is 0.271 e. The molecule has 4 rings (SSSR count). The van der Waals surface area contributed by atoms with E-state index >= 15 is 0 Å². The smallest absolute Gasteiger partial charge is 0.271 e. The number of anilines is 1. The summed E-state index contributed by atoms with van der Waals surface area (Å²) < 4.78 is 33.0. The van der Waals surface area contributed by atoms with Gasteiger partial charge in [-0.25, -0.2) is 8.42 Å². The molecule has 25 heavy (non-hydrogen) atoms. The molecule has 0 saturated heterocycles. The van der Waals surface area contributed by atoms with E-state index < -0.39 is 10.0 Å². The lowest BCUT2D eigenvalue weighted by molar-refractivity contribution is 0.292. The fourth-order valence-electron chi connectivity index (χ4n) is 2.47. The number of aromatic nitrogens is 2. The molecule has 0 spiro atoms. The molecule has 0 radical (unpaired) electrons. The van der Waals surface area contributed by atoms with E-state index in [9.17, 15) is 8.42 Å². The number of hydrogen-bond donors (Lipinski definition) is 1. The topological polar surface area (TPSA) is 85.1 Å². The first-order valence-corrected chi connectivity index (χ1v) is 10.5. The van der Waals surface area contributed by atoms with Crippen LogP contribution in [0, 0.1) is 0 Å². The summed E-state index contributed by atoms with van der Waals surface area (Å²) in [6.45, 7) is 0. The van der Waals surface area contributed by atoms with Gasteiger partial charge in [0.2, 0.25) is 11.7 Å². The van der Waals surface area contributed by atoms with Gasteiger partial charge in [0.1, 0.15) is 4.21 Å². The van der Waals surface area contributed by atoms with Crippen molar-refractivity contribution in [1.82, 2.24) is 10.1 Å². The van der Waals surface area contributed by atoms with E-state index in [1.807, 2.05) is 0 Å². The van der Waals surface area contributed by atoms with Crippen molar-refractivity contribution in [1.29, 1.82) is 0 Å². The predicted octanol–water partition coefficient (Wildman–Crippen LogP) is 4.52. The normalized spacial score (nSPS) is 15.1. The SMILES string of the molecule is O=S(=O)(Nc1ccc(Cl)cc1)c1cc(-c2noc(C3CCC3)n2)cs1. The molecule has 130 valence electrons. The van der Waals surface area contributed by atoms with Gasteiger partial charge < -0.3 is 4.52 Å². The van der Waals surface area contributed by atoms with Gasteiger partial charge in [0.15, 0.2) is 0 Å². The van der Waals surface area contributed by atoms with Crippen LogP contribution in [0.2, 0.25) is 5.02 Å². The van der Waals surface area contributed by atoms with Crippen molar-refractivity contribution in [3.63, 3.8) is 0 Å². The Bertz CT molecular complexity index is 992. The molecule has 0 aliphatic heterocycles. The Labute approximate surface area is 153 Å². The first-order valence-electron chi connectivity index (χ1n) is 7.72. The fourth-order valence-corrected chi connectivity index (χ4v) is 4.81. The van der Waals surface area contributed by atoms with E-state index in [4.69, 9.17) is 16.1 Å². The highest BCUT2D eigenvalue weighted by molar-refractivity contribution is 7.94. The molecule has 2 aromatic heterocycles. The van der Waals surface area contributed by atoms with E-state index in [0.717, 1.165) is 24.2 Å². The molecule has 0 bridgehead atoms. The minimum Gasteiger partial charge on any atom is -0.339 e. The summed E-state index contributed by atoms with van der Waals surface area (Å²) in [5.41, 5.74) is 1.09. The Kier molecular flexibility index (Phi) is 4.26. The highest BCUT2D eigenvalue weighted by Crippen LogP contribution is 2.36. The molecular weight excluding hydrogens is 382 g/mol. The van der Waals surface area contributed by atoms with Crippen molar-refractivity contribution in [3.8, 4) is 11.4 Å². The van der Waals surface area contributed by atoms with Crippen molar-refractivity contribution in [2.45, 2.75) is 29.4 Å². The second kappa shape index (κ2) is 6.44. The average molecular weight is 396 g/mol. The van der Waals surface area contributed by atoms with Gasteiger partial charge >= 0.3 is 0 Å². The van der Waals surface area contributed by atoms with Gasteiger partial charge in [-0.15, -0.1) is 11.3 Å². The van der Waals surface area contributed by atoms with Gasteiger partial charge in [-0.2, -0.15) is 4.98 Å². The summed E-state index contributed by atoms with van der Waals surface area (Å²) in [7, 11) is -3.68. The molecule has 0 unspecified atom stereocenters. The molecule has 3 aromatic rings. The quantitative estimate of drug-likeness (QED) is 0.686. The van der Waals surface area contributed by atoms with Gasteiger partial charge in [0.05, 0.1) is 0 Å². The zero-order valence-corrected chi connectivity index (χ0v) is 15.4. The van der Waals surface area contributed by atoms with E-state index in [2.05, 4.69) is 14.9 Å². The lowest BCUT2D eigenvalue weighted by Crippen LogP contribution is -2.11. The lowest BCUT2D eigenvalue weighted by Gasteiger charge is -2.20. The molecule has 1 N–H and O–H groups in total. The Hall–Kier alpha value is -1.90. The van der Waals surface area contributed by atoms with Crippen LogP contribution in [0.4, 0.5) is 5.69 Å². The van der Waals surface area contributed by atoms with Crippen LogP contribution in [0.1, 0.15) is 31.1 Å². The summed E-state index contributed by atoms with van der Waals surface area (Å²) in [4.78, 5) is 4.39. The maximum atomic E-state index is 12.5. The largest absolute Gasteiger partial charge is 0.339 e. The minimum absolute atomic E-state index is 0.187. The highest BCUT2D eigenvalue weighted by Gasteiger charge is 2.26. The van der Waals surface area contributed by atoms with E-state index in [1.54, 1.807) is 35.7 Å². The Morgan fingerprint density at radius 2 is 2.00 bits per heavy atom. The summed E-state index contributed by atoms with van der Waals surface area (Å²) >= 11 is 6.92. The lowest BCUT2D eigenvalue weighted by atomic mass is 9.85. The van der Waals surface area contributed by atoms with Crippen molar-refractivity contribution >= 4 is 38.6 Å². The summed E-state index contributed by atoms with van der Waals surface area (Å²) in [6.07, 6.45) is 3.31. The zero-order chi connectivity index (χ0) is 17.4. The van der Waals surface area contributed by atoms with Gasteiger partial charge in [-0.05, 0) is 43.2 Å². The van der Waals surface area contributed by atoms with E-state index in [-0.39, 0.29) is 4.21 Å². The minimum atomic E-state index is -3.68. The van der Waals surface area contributed by atoms with Crippen LogP contribution >= 0.6 is 22.9 Å². The molecule has 0 atom stereocenters. The molecule has 1 saturated carbocycles. The zero-order valence-electron chi connectivity index (χ0n) is 13.0. The Morgan fingerprint density at radius 1 is 1.24 bits per heavy atom. The maximum absolute atomic E-state index is 12.5. The van der Waals surface area contributed by atoms with Gasteiger partial charge in [-0.3, -0.25) is 4.72 Å². The molecule has 1 fully saturated rings. The van der Waals surface area contributed by atoms with Crippen LogP contribution in [-0.4, -0.2) is 18.6 Å². The van der Waals surface area contributed by atoms with Gasteiger partial charge in [0.25, 0.3) is 10.0 Å². The van der Waals surface area contributed by atoms with Crippen LogP contribution in [0.25, 0.3) is 11.4 Å². The second-order valence-electron chi connectivity index (χ2n) is 5.85. The standard InChI is InChI=1S/C16H14ClN3O3S2/c17-12-4-6-13(7-5-12)20-25(21,22)14-8-11(9-24-14)15-18-16(23-19-15)10-2-1-3-10/h4-10,20H,1-3H2.